The van der Waals surface area contributed by atoms with Crippen molar-refractivity contribution in [3.8, 4) is 0 Å². The first-order chi connectivity index (χ1) is 16.7. The second kappa shape index (κ2) is 9.81. The van der Waals surface area contributed by atoms with E-state index in [1.54, 1.807) is 0 Å². The van der Waals surface area contributed by atoms with Crippen molar-refractivity contribution < 1.29 is 30.0 Å². The molecule has 0 radical (unpaired) electrons. The van der Waals surface area contributed by atoms with Crippen LogP contribution in [0.4, 0.5) is 0 Å². The van der Waals surface area contributed by atoms with E-state index in [4.69, 9.17) is 4.74 Å². The van der Waals surface area contributed by atoms with Crippen molar-refractivity contribution in [2.75, 3.05) is 6.61 Å². The normalized spacial score (nSPS) is 47.6. The number of aliphatic hydroxyl groups is 4. The number of aliphatic hydroxyl groups excluding tert-OH is 3. The highest BCUT2D eigenvalue weighted by Crippen LogP contribution is 2.69. The molecule has 0 aliphatic heterocycles. The summed E-state index contributed by atoms with van der Waals surface area (Å²) in [5.74, 6) is 2.26. The lowest BCUT2D eigenvalue weighted by molar-refractivity contribution is -0.264. The molecule has 4 N–H and O–H groups in total. The average molecular weight is 509 g/mol. The molecule has 4 fully saturated rings. The van der Waals surface area contributed by atoms with Gasteiger partial charge in [0.1, 0.15) is 5.60 Å². The van der Waals surface area contributed by atoms with E-state index in [9.17, 15) is 25.2 Å². The van der Waals surface area contributed by atoms with E-state index in [1.807, 2.05) is 6.92 Å². The number of carbonyl (C=O) groups is 1. The fraction of sp³-hybridized carbons (Fsp3) is 0.967. The molecule has 0 heterocycles. The predicted octanol–water partition coefficient (Wildman–Crippen LogP) is 4.46. The molecule has 0 aromatic carbocycles. The van der Waals surface area contributed by atoms with Gasteiger partial charge in [0.05, 0.1) is 24.4 Å². The highest BCUT2D eigenvalue weighted by molar-refractivity contribution is 5.66. The molecule has 36 heavy (non-hydrogen) atoms. The molecule has 12 atom stereocenters. The fourth-order valence-corrected chi connectivity index (χ4v) is 9.87. The number of hydrogen-bond donors (Lipinski definition) is 4. The SMILES string of the molecule is CC(=O)OC(C)(CO)[C@@H](C)CC[C@@H](C)C1CCC2C3C[C@@H](O)[C@@]4(O)C[C@@H](O)CC[C@]4(C)C3CC[C@@]21C. The monoisotopic (exact) mass is 508 g/mol. The lowest BCUT2D eigenvalue weighted by Gasteiger charge is -2.65. The number of ether oxygens (including phenoxy) is 1. The molecule has 6 heteroatoms. The van der Waals surface area contributed by atoms with E-state index in [1.165, 1.54) is 19.8 Å². The minimum absolute atomic E-state index is 0.0716. The first-order valence-corrected chi connectivity index (χ1v) is 14.6. The summed E-state index contributed by atoms with van der Waals surface area (Å²) in [5.41, 5.74) is -2.12. The van der Waals surface area contributed by atoms with Crippen LogP contribution in [0.5, 0.6) is 0 Å². The Hall–Kier alpha value is -0.690. The zero-order chi connectivity index (χ0) is 26.7. The highest BCUT2D eigenvalue weighted by Gasteiger charge is 2.67. The maximum Gasteiger partial charge on any atom is 0.303 e. The van der Waals surface area contributed by atoms with Crippen LogP contribution in [0.15, 0.2) is 0 Å². The number of hydrogen-bond acceptors (Lipinski definition) is 6. The molecule has 0 saturated heterocycles. The average Bonchev–Trinajstić information content (AvgIpc) is 3.16. The van der Waals surface area contributed by atoms with Gasteiger partial charge in [-0.3, -0.25) is 4.79 Å². The van der Waals surface area contributed by atoms with E-state index in [2.05, 4.69) is 27.7 Å². The van der Waals surface area contributed by atoms with Crippen LogP contribution in [0.25, 0.3) is 0 Å². The summed E-state index contributed by atoms with van der Waals surface area (Å²) in [6.45, 7) is 12.2. The topological polar surface area (TPSA) is 107 Å². The van der Waals surface area contributed by atoms with Crippen molar-refractivity contribution in [2.24, 2.45) is 46.3 Å². The maximum absolute atomic E-state index is 11.7. The summed E-state index contributed by atoms with van der Waals surface area (Å²) in [6, 6.07) is 0. The summed E-state index contributed by atoms with van der Waals surface area (Å²) in [7, 11) is 0. The van der Waals surface area contributed by atoms with Gasteiger partial charge in [-0.1, -0.05) is 34.1 Å². The van der Waals surface area contributed by atoms with Crippen LogP contribution in [0.2, 0.25) is 0 Å². The fourth-order valence-electron chi connectivity index (χ4n) is 9.87. The summed E-state index contributed by atoms with van der Waals surface area (Å²) < 4.78 is 5.50. The highest BCUT2D eigenvalue weighted by atomic mass is 16.6. The minimum Gasteiger partial charge on any atom is -0.457 e. The molecule has 0 aromatic rings. The molecule has 4 rings (SSSR count). The molecule has 208 valence electrons. The standard InChI is InChI=1S/C30H52O6/c1-18(7-8-19(2)29(6,17-31)36-20(3)32)23-9-10-24-22-15-26(34)30(35)16-21(33)11-14-28(30,5)25(22)12-13-27(23,24)4/h18-19,21-26,31,33-35H,7-17H2,1-6H3/t18-,19+,21+,22?,23?,24?,25?,26-,27-,28-,29?,30+/m1/s1. The van der Waals surface area contributed by atoms with E-state index in [-0.39, 0.29) is 29.3 Å². The van der Waals surface area contributed by atoms with E-state index >= 15 is 0 Å². The predicted molar refractivity (Wildman–Crippen MR) is 139 cm³/mol. The van der Waals surface area contributed by atoms with E-state index in [0.29, 0.717) is 48.9 Å². The van der Waals surface area contributed by atoms with Gasteiger partial charge in [-0.2, -0.15) is 0 Å². The Morgan fingerprint density at radius 1 is 1.06 bits per heavy atom. The van der Waals surface area contributed by atoms with Gasteiger partial charge in [0.15, 0.2) is 0 Å². The Balaban J connectivity index is 1.46. The molecule has 4 aliphatic carbocycles. The molecule has 0 aromatic heterocycles. The van der Waals surface area contributed by atoms with Crippen molar-refractivity contribution in [1.29, 1.82) is 0 Å². The third-order valence-corrected chi connectivity index (χ3v) is 12.4. The van der Waals surface area contributed by atoms with Crippen molar-refractivity contribution in [2.45, 2.75) is 129 Å². The van der Waals surface area contributed by atoms with Gasteiger partial charge < -0.3 is 25.2 Å². The van der Waals surface area contributed by atoms with Crippen LogP contribution < -0.4 is 0 Å². The minimum atomic E-state index is -1.18. The molecular weight excluding hydrogens is 456 g/mol. The van der Waals surface area contributed by atoms with Crippen LogP contribution in [0.3, 0.4) is 0 Å². The molecular formula is C30H52O6. The Morgan fingerprint density at radius 3 is 2.39 bits per heavy atom. The van der Waals surface area contributed by atoms with Crippen LogP contribution in [-0.4, -0.2) is 56.4 Å². The molecule has 0 bridgehead atoms. The van der Waals surface area contributed by atoms with Gasteiger partial charge in [-0.25, -0.2) is 0 Å². The summed E-state index contributed by atoms with van der Waals surface area (Å²) in [5, 5.41) is 43.2. The van der Waals surface area contributed by atoms with Crippen LogP contribution >= 0.6 is 0 Å². The maximum atomic E-state index is 11.7. The summed E-state index contributed by atoms with van der Waals surface area (Å²) in [4.78, 5) is 11.6. The smallest absolute Gasteiger partial charge is 0.303 e. The molecule has 0 spiro atoms. The van der Waals surface area contributed by atoms with Crippen LogP contribution in [-0.2, 0) is 9.53 Å². The molecule has 5 unspecified atom stereocenters. The van der Waals surface area contributed by atoms with Crippen LogP contribution in [0, 0.1) is 46.3 Å². The van der Waals surface area contributed by atoms with Gasteiger partial charge in [0.2, 0.25) is 0 Å². The van der Waals surface area contributed by atoms with Gasteiger partial charge in [0.25, 0.3) is 0 Å². The third kappa shape index (κ3) is 4.36. The Bertz CT molecular complexity index is 817. The summed E-state index contributed by atoms with van der Waals surface area (Å²) in [6.07, 6.45) is 7.76. The van der Waals surface area contributed by atoms with Crippen molar-refractivity contribution >= 4 is 5.97 Å². The van der Waals surface area contributed by atoms with Crippen LogP contribution in [0.1, 0.15) is 106 Å². The molecule has 4 aliphatic rings. The second-order valence-electron chi connectivity index (χ2n) is 14.1. The Morgan fingerprint density at radius 2 is 1.75 bits per heavy atom. The van der Waals surface area contributed by atoms with E-state index in [0.717, 1.165) is 32.1 Å². The van der Waals surface area contributed by atoms with Gasteiger partial charge >= 0.3 is 5.97 Å². The quantitative estimate of drug-likeness (QED) is 0.378. The molecule has 0 amide bonds. The van der Waals surface area contributed by atoms with Gasteiger partial charge in [0, 0.05) is 18.8 Å². The zero-order valence-electron chi connectivity index (χ0n) is 23.5. The third-order valence-electron chi connectivity index (χ3n) is 12.4. The number of fused-ring (bicyclic) bond motifs is 5. The first-order valence-electron chi connectivity index (χ1n) is 14.6. The van der Waals surface area contributed by atoms with Gasteiger partial charge in [-0.05, 0) is 99.2 Å². The lowest BCUT2D eigenvalue weighted by Crippen LogP contribution is -2.68. The number of carbonyl (C=O) groups excluding carboxylic acids is 1. The van der Waals surface area contributed by atoms with E-state index < -0.39 is 23.4 Å². The largest absolute Gasteiger partial charge is 0.457 e. The van der Waals surface area contributed by atoms with Crippen molar-refractivity contribution in [3.63, 3.8) is 0 Å². The lowest BCUT2D eigenvalue weighted by atomic mass is 9.42. The van der Waals surface area contributed by atoms with Crippen molar-refractivity contribution in [3.05, 3.63) is 0 Å². The summed E-state index contributed by atoms with van der Waals surface area (Å²) >= 11 is 0. The first kappa shape index (κ1) is 28.3. The van der Waals surface area contributed by atoms with Gasteiger partial charge in [-0.15, -0.1) is 0 Å². The second-order valence-corrected chi connectivity index (χ2v) is 14.1. The van der Waals surface area contributed by atoms with Crippen molar-refractivity contribution in [1.82, 2.24) is 0 Å². The molecule has 6 nitrogen and oxygen atoms in total. The zero-order valence-corrected chi connectivity index (χ0v) is 23.5. The Labute approximate surface area is 218 Å². The molecule has 4 saturated carbocycles. The Kier molecular flexibility index (Phi) is 7.71. The number of esters is 1. The number of rotatable bonds is 7.